The molecule has 0 amide bonds. The van der Waals surface area contributed by atoms with Crippen molar-refractivity contribution in [2.24, 2.45) is 0 Å². The number of halogens is 4. The van der Waals surface area contributed by atoms with Crippen molar-refractivity contribution in [2.75, 3.05) is 33.3 Å². The smallest absolute Gasteiger partial charge is 0.362 e. The fourth-order valence-electron chi connectivity index (χ4n) is 1.81. The zero-order chi connectivity index (χ0) is 13.9. The van der Waals surface area contributed by atoms with Gasteiger partial charge in [-0.25, -0.2) is 0 Å². The number of rotatable bonds is 4. The maximum absolute atomic E-state index is 11.9. The molecule has 2 rings (SSSR count). The molecule has 0 aromatic carbocycles. The molecule has 1 aromatic rings. The van der Waals surface area contributed by atoms with Crippen LogP contribution in [0.25, 0.3) is 0 Å². The van der Waals surface area contributed by atoms with Gasteiger partial charge in [0, 0.05) is 19.6 Å². The fraction of sp³-hybridized carbons (Fsp3) is 0.800. The molecule has 1 atom stereocenters. The quantitative estimate of drug-likeness (QED) is 0.899. The van der Waals surface area contributed by atoms with Crippen molar-refractivity contribution < 1.29 is 22.4 Å². The molecular formula is C10H16ClF3N4O2. The van der Waals surface area contributed by atoms with Gasteiger partial charge >= 0.3 is 6.18 Å². The second-order valence-electron chi connectivity index (χ2n) is 4.35. The van der Waals surface area contributed by atoms with Crippen molar-refractivity contribution in [3.63, 3.8) is 0 Å². The summed E-state index contributed by atoms with van der Waals surface area (Å²) in [5.41, 5.74) is 0. The Morgan fingerprint density at radius 1 is 1.50 bits per heavy atom. The molecule has 0 aliphatic carbocycles. The fourth-order valence-corrected chi connectivity index (χ4v) is 1.81. The molecule has 1 aliphatic rings. The number of likely N-dealkylation sites (N-methyl/N-ethyl adjacent to an activating group) is 1. The molecule has 1 N–H and O–H groups in total. The third kappa shape index (κ3) is 4.89. The molecular weight excluding hydrogens is 301 g/mol. The van der Waals surface area contributed by atoms with Gasteiger partial charge in [0.1, 0.15) is 13.2 Å². The Balaban J connectivity index is 0.00000200. The maximum Gasteiger partial charge on any atom is 0.411 e. The summed E-state index contributed by atoms with van der Waals surface area (Å²) in [6.45, 7) is 0.746. The lowest BCUT2D eigenvalue weighted by Crippen LogP contribution is -2.44. The summed E-state index contributed by atoms with van der Waals surface area (Å²) in [5.74, 6) is 0.513. The average molecular weight is 317 g/mol. The van der Waals surface area contributed by atoms with Crippen molar-refractivity contribution in [1.82, 2.24) is 20.4 Å². The molecule has 0 saturated carbocycles. The van der Waals surface area contributed by atoms with E-state index in [-0.39, 0.29) is 30.9 Å². The van der Waals surface area contributed by atoms with E-state index in [0.717, 1.165) is 13.1 Å². The molecule has 0 radical (unpaired) electrons. The third-order valence-corrected chi connectivity index (χ3v) is 2.78. The minimum atomic E-state index is -4.35. The zero-order valence-corrected chi connectivity index (χ0v) is 11.6. The number of aromatic nitrogens is 2. The molecule has 1 fully saturated rings. The van der Waals surface area contributed by atoms with E-state index in [1.807, 2.05) is 7.05 Å². The second kappa shape index (κ2) is 7.21. The van der Waals surface area contributed by atoms with E-state index in [1.165, 1.54) is 0 Å². The SMILES string of the molecule is CN1CCNCC1c1noc(COCC(F)(F)F)n1.Cl. The highest BCUT2D eigenvalue weighted by molar-refractivity contribution is 5.85. The molecule has 1 saturated heterocycles. The Kier molecular flexibility index (Phi) is 6.18. The Hall–Kier alpha value is -0.900. The minimum Gasteiger partial charge on any atom is -0.362 e. The van der Waals surface area contributed by atoms with Crippen LogP contribution in [0.5, 0.6) is 0 Å². The first kappa shape index (κ1) is 17.2. The van der Waals surface area contributed by atoms with Gasteiger partial charge in [-0.1, -0.05) is 5.16 Å². The Morgan fingerprint density at radius 3 is 2.90 bits per heavy atom. The standard InChI is InChI=1S/C10H15F3N4O2.ClH/c1-17-3-2-14-4-7(17)9-15-8(19-16-9)5-18-6-10(11,12)13;/h7,14H,2-6H2,1H3;1H. The molecule has 0 spiro atoms. The summed E-state index contributed by atoms with van der Waals surface area (Å²) in [5, 5.41) is 6.97. The van der Waals surface area contributed by atoms with Crippen molar-refractivity contribution in [3.8, 4) is 0 Å². The van der Waals surface area contributed by atoms with Crippen LogP contribution in [0.2, 0.25) is 0 Å². The van der Waals surface area contributed by atoms with Gasteiger partial charge in [0.15, 0.2) is 5.82 Å². The van der Waals surface area contributed by atoms with Gasteiger partial charge in [-0.05, 0) is 7.05 Å². The van der Waals surface area contributed by atoms with Gasteiger partial charge in [-0.15, -0.1) is 12.4 Å². The monoisotopic (exact) mass is 316 g/mol. The second-order valence-corrected chi connectivity index (χ2v) is 4.35. The highest BCUT2D eigenvalue weighted by atomic mass is 35.5. The van der Waals surface area contributed by atoms with Gasteiger partial charge in [-0.3, -0.25) is 4.90 Å². The molecule has 1 aromatic heterocycles. The van der Waals surface area contributed by atoms with Crippen LogP contribution >= 0.6 is 12.4 Å². The van der Waals surface area contributed by atoms with Gasteiger partial charge in [0.05, 0.1) is 6.04 Å². The predicted octanol–water partition coefficient (Wildman–Crippen LogP) is 1.15. The first-order chi connectivity index (χ1) is 8.96. The summed E-state index contributed by atoms with van der Waals surface area (Å²) >= 11 is 0. The van der Waals surface area contributed by atoms with Crippen LogP contribution in [0.15, 0.2) is 4.52 Å². The largest absolute Gasteiger partial charge is 0.411 e. The molecule has 10 heteroatoms. The van der Waals surface area contributed by atoms with E-state index >= 15 is 0 Å². The lowest BCUT2D eigenvalue weighted by Gasteiger charge is -2.30. The van der Waals surface area contributed by atoms with Crippen LogP contribution in [0.4, 0.5) is 13.2 Å². The first-order valence-electron chi connectivity index (χ1n) is 5.83. The third-order valence-electron chi connectivity index (χ3n) is 2.78. The number of piperazine rings is 1. The highest BCUT2D eigenvalue weighted by Gasteiger charge is 2.28. The van der Waals surface area contributed by atoms with Gasteiger partial charge in [0.25, 0.3) is 5.89 Å². The molecule has 6 nitrogen and oxygen atoms in total. The number of alkyl halides is 3. The van der Waals surface area contributed by atoms with Crippen LogP contribution in [0.3, 0.4) is 0 Å². The van der Waals surface area contributed by atoms with Gasteiger partial charge < -0.3 is 14.6 Å². The number of nitrogens with zero attached hydrogens (tertiary/aromatic N) is 3. The van der Waals surface area contributed by atoms with E-state index in [9.17, 15) is 13.2 Å². The molecule has 20 heavy (non-hydrogen) atoms. The highest BCUT2D eigenvalue weighted by Crippen LogP contribution is 2.18. The number of hydrogen-bond donors (Lipinski definition) is 1. The minimum absolute atomic E-state index is 0. The number of hydrogen-bond acceptors (Lipinski definition) is 6. The Labute approximate surface area is 120 Å². The van der Waals surface area contributed by atoms with E-state index in [2.05, 4.69) is 25.1 Å². The van der Waals surface area contributed by atoms with Crippen molar-refractivity contribution >= 4 is 12.4 Å². The van der Waals surface area contributed by atoms with Crippen LogP contribution in [-0.4, -0.2) is 54.5 Å². The van der Waals surface area contributed by atoms with Crippen LogP contribution < -0.4 is 5.32 Å². The Bertz CT molecular complexity index is 415. The molecule has 1 unspecified atom stereocenters. The molecule has 2 heterocycles. The van der Waals surface area contributed by atoms with E-state index in [4.69, 9.17) is 4.52 Å². The Morgan fingerprint density at radius 2 is 2.25 bits per heavy atom. The molecule has 0 bridgehead atoms. The normalized spacial score (nSPS) is 20.7. The summed E-state index contributed by atoms with van der Waals surface area (Å²) < 4.78 is 45.0. The summed E-state index contributed by atoms with van der Waals surface area (Å²) in [4.78, 5) is 6.11. The molecule has 1 aliphatic heterocycles. The number of nitrogens with one attached hydrogen (secondary N) is 1. The lowest BCUT2D eigenvalue weighted by molar-refractivity contribution is -0.178. The zero-order valence-electron chi connectivity index (χ0n) is 10.8. The average Bonchev–Trinajstić information content (AvgIpc) is 2.76. The maximum atomic E-state index is 11.9. The first-order valence-corrected chi connectivity index (χ1v) is 5.83. The van der Waals surface area contributed by atoms with Crippen molar-refractivity contribution in [3.05, 3.63) is 11.7 Å². The van der Waals surface area contributed by atoms with E-state index < -0.39 is 12.8 Å². The summed E-state index contributed by atoms with van der Waals surface area (Å²) in [7, 11) is 1.93. The lowest BCUT2D eigenvalue weighted by atomic mass is 10.2. The molecule has 116 valence electrons. The van der Waals surface area contributed by atoms with Crippen LogP contribution in [0.1, 0.15) is 17.8 Å². The van der Waals surface area contributed by atoms with Gasteiger partial charge in [0.2, 0.25) is 0 Å². The van der Waals surface area contributed by atoms with Crippen LogP contribution in [0, 0.1) is 0 Å². The number of ether oxygens (including phenoxy) is 1. The van der Waals surface area contributed by atoms with E-state index in [1.54, 1.807) is 0 Å². The van der Waals surface area contributed by atoms with E-state index in [0.29, 0.717) is 12.4 Å². The summed E-state index contributed by atoms with van der Waals surface area (Å²) in [6.07, 6.45) is -4.35. The van der Waals surface area contributed by atoms with Crippen molar-refractivity contribution in [2.45, 2.75) is 18.8 Å². The predicted molar refractivity (Wildman–Crippen MR) is 65.5 cm³/mol. The van der Waals surface area contributed by atoms with Gasteiger partial charge in [-0.2, -0.15) is 18.2 Å². The summed E-state index contributed by atoms with van der Waals surface area (Å²) in [6, 6.07) is -0.0335. The topological polar surface area (TPSA) is 63.4 Å². The van der Waals surface area contributed by atoms with Crippen molar-refractivity contribution in [1.29, 1.82) is 0 Å². The van der Waals surface area contributed by atoms with Crippen LogP contribution in [-0.2, 0) is 11.3 Å².